The van der Waals surface area contributed by atoms with Crippen LogP contribution in [0.1, 0.15) is 27.7 Å². The topological polar surface area (TPSA) is 108 Å². The van der Waals surface area contributed by atoms with E-state index in [-0.39, 0.29) is 11.6 Å². The predicted octanol–water partition coefficient (Wildman–Crippen LogP) is -0.0481. The molecule has 1 aliphatic rings. The first-order valence-electron chi connectivity index (χ1n) is 7.47. The van der Waals surface area contributed by atoms with E-state index in [1.165, 1.54) is 6.92 Å². The van der Waals surface area contributed by atoms with Gasteiger partial charge in [0.15, 0.2) is 14.6 Å². The summed E-state index contributed by atoms with van der Waals surface area (Å²) in [6.45, 7) is 11.7. The molecule has 0 aromatic heterocycles. The third-order valence-electron chi connectivity index (χ3n) is 4.50. The number of hydrogen-bond donors (Lipinski definition) is 4. The van der Waals surface area contributed by atoms with Gasteiger partial charge in [-0.25, -0.2) is 0 Å². The van der Waals surface area contributed by atoms with E-state index in [0.29, 0.717) is 0 Å². The molecule has 0 radical (unpaired) electrons. The van der Waals surface area contributed by atoms with Crippen LogP contribution in [0.3, 0.4) is 0 Å². The first kappa shape index (κ1) is 19.5. The largest absolute Gasteiger partial charge is 0.414 e. The summed E-state index contributed by atoms with van der Waals surface area (Å²) in [6.07, 6.45) is -4.80. The van der Waals surface area contributed by atoms with Crippen LogP contribution in [0.5, 0.6) is 0 Å². The van der Waals surface area contributed by atoms with Crippen molar-refractivity contribution in [2.24, 2.45) is 0 Å². The highest BCUT2D eigenvalue weighted by Gasteiger charge is 2.46. The van der Waals surface area contributed by atoms with E-state index in [1.54, 1.807) is 0 Å². The molecule has 0 aromatic carbocycles. The molecule has 22 heavy (non-hydrogen) atoms. The van der Waals surface area contributed by atoms with Gasteiger partial charge in [-0.1, -0.05) is 20.8 Å². The number of nitrogens with one attached hydrogen (secondary N) is 1. The van der Waals surface area contributed by atoms with E-state index in [4.69, 9.17) is 9.16 Å². The molecule has 5 atom stereocenters. The molecule has 1 aliphatic heterocycles. The van der Waals surface area contributed by atoms with Crippen LogP contribution in [-0.2, 0) is 14.0 Å². The monoisotopic (exact) mass is 335 g/mol. The van der Waals surface area contributed by atoms with Gasteiger partial charge in [-0.2, -0.15) is 0 Å². The van der Waals surface area contributed by atoms with Gasteiger partial charge in [0.1, 0.15) is 24.4 Å². The van der Waals surface area contributed by atoms with Gasteiger partial charge in [0.05, 0.1) is 6.61 Å². The lowest BCUT2D eigenvalue weighted by Gasteiger charge is -2.43. The maximum absolute atomic E-state index is 11.1. The Kier molecular flexibility index (Phi) is 6.16. The van der Waals surface area contributed by atoms with E-state index < -0.39 is 44.9 Å². The first-order chi connectivity index (χ1) is 9.86. The van der Waals surface area contributed by atoms with Crippen molar-refractivity contribution in [3.63, 3.8) is 0 Å². The molecule has 0 spiro atoms. The Hall–Kier alpha value is -0.513. The summed E-state index contributed by atoms with van der Waals surface area (Å²) in [5.74, 6) is -0.421. The van der Waals surface area contributed by atoms with Gasteiger partial charge in [0.2, 0.25) is 5.91 Å². The van der Waals surface area contributed by atoms with Crippen LogP contribution < -0.4 is 5.32 Å². The van der Waals surface area contributed by atoms with Crippen molar-refractivity contribution in [1.29, 1.82) is 0 Å². The minimum absolute atomic E-state index is 0.00255. The number of carbonyl (C=O) groups excluding carboxylic acids is 1. The lowest BCUT2D eigenvalue weighted by atomic mass is 9.97. The fourth-order valence-corrected chi connectivity index (χ4v) is 3.00. The van der Waals surface area contributed by atoms with Gasteiger partial charge in [0, 0.05) is 6.92 Å². The molecule has 1 unspecified atom stereocenters. The molecule has 4 N–H and O–H groups in total. The van der Waals surface area contributed by atoms with Crippen LogP contribution in [0.2, 0.25) is 18.1 Å². The lowest BCUT2D eigenvalue weighted by Crippen LogP contribution is -2.64. The summed E-state index contributed by atoms with van der Waals surface area (Å²) in [4.78, 5) is 11.1. The summed E-state index contributed by atoms with van der Waals surface area (Å²) in [7, 11) is -2.03. The highest BCUT2D eigenvalue weighted by molar-refractivity contribution is 6.74. The SMILES string of the molecule is CC(=O)N[C@H]1C(O)O[C@H](CO[Si](C)(C)C(C)(C)C)[C@@H](O)[C@@H]1O. The van der Waals surface area contributed by atoms with Gasteiger partial charge in [0.25, 0.3) is 0 Å². The van der Waals surface area contributed by atoms with E-state index in [2.05, 4.69) is 39.2 Å². The Bertz CT molecular complexity index is 397. The number of aliphatic hydroxyl groups excluding tert-OH is 3. The Labute approximate surface area is 132 Å². The van der Waals surface area contributed by atoms with Crippen LogP contribution >= 0.6 is 0 Å². The number of ether oxygens (including phenoxy) is 1. The van der Waals surface area contributed by atoms with E-state index in [0.717, 1.165) is 0 Å². The van der Waals surface area contributed by atoms with Gasteiger partial charge >= 0.3 is 0 Å². The Balaban J connectivity index is 2.70. The summed E-state index contributed by atoms with van der Waals surface area (Å²) in [5.41, 5.74) is 0. The number of aliphatic hydroxyl groups is 3. The Morgan fingerprint density at radius 1 is 1.23 bits per heavy atom. The van der Waals surface area contributed by atoms with Crippen molar-refractivity contribution < 1.29 is 29.3 Å². The average molecular weight is 335 g/mol. The first-order valence-corrected chi connectivity index (χ1v) is 10.4. The van der Waals surface area contributed by atoms with Crippen molar-refractivity contribution in [2.75, 3.05) is 6.61 Å². The molecule has 8 heteroatoms. The number of hydrogen-bond acceptors (Lipinski definition) is 6. The fraction of sp³-hybridized carbons (Fsp3) is 0.929. The zero-order chi connectivity index (χ0) is 17.3. The molecule has 0 aromatic rings. The number of carbonyl (C=O) groups is 1. The van der Waals surface area contributed by atoms with Crippen LogP contribution in [0, 0.1) is 0 Å². The summed E-state index contributed by atoms with van der Waals surface area (Å²) < 4.78 is 11.3. The van der Waals surface area contributed by atoms with Crippen molar-refractivity contribution >= 4 is 14.2 Å². The second kappa shape index (κ2) is 6.94. The van der Waals surface area contributed by atoms with Crippen LogP contribution in [0.4, 0.5) is 0 Å². The number of rotatable bonds is 4. The molecular formula is C14H29NO6Si. The second-order valence-electron chi connectivity index (χ2n) is 7.34. The Morgan fingerprint density at radius 2 is 1.77 bits per heavy atom. The fourth-order valence-electron chi connectivity index (χ4n) is 1.98. The standard InChI is InChI=1S/C14H29NO6Si/c1-8(16)15-10-12(18)11(17)9(21-13(10)19)7-20-22(5,6)14(2,3)4/h9-13,17-19H,7H2,1-6H3,(H,15,16)/t9-,10-,11-,12-,13?/m1/s1. The van der Waals surface area contributed by atoms with Gasteiger partial charge in [-0.3, -0.25) is 4.79 Å². The van der Waals surface area contributed by atoms with E-state index >= 15 is 0 Å². The summed E-state index contributed by atoms with van der Waals surface area (Å²) >= 11 is 0. The number of amides is 1. The molecule has 1 rings (SSSR count). The molecule has 7 nitrogen and oxygen atoms in total. The van der Waals surface area contributed by atoms with Crippen molar-refractivity contribution in [3.05, 3.63) is 0 Å². The normalized spacial score (nSPS) is 33.6. The van der Waals surface area contributed by atoms with Gasteiger partial charge < -0.3 is 29.8 Å². The molecule has 130 valence electrons. The molecule has 0 aliphatic carbocycles. The zero-order valence-electron chi connectivity index (χ0n) is 14.2. The minimum atomic E-state index is -2.03. The van der Waals surface area contributed by atoms with Crippen molar-refractivity contribution in [2.45, 2.75) is 76.5 Å². The van der Waals surface area contributed by atoms with Gasteiger partial charge in [-0.15, -0.1) is 0 Å². The van der Waals surface area contributed by atoms with Crippen LogP contribution in [0.15, 0.2) is 0 Å². The van der Waals surface area contributed by atoms with Crippen LogP contribution in [0.25, 0.3) is 0 Å². The third-order valence-corrected chi connectivity index (χ3v) is 9.01. The predicted molar refractivity (Wildman–Crippen MR) is 83.6 cm³/mol. The van der Waals surface area contributed by atoms with E-state index in [9.17, 15) is 20.1 Å². The smallest absolute Gasteiger partial charge is 0.217 e. The quantitative estimate of drug-likeness (QED) is 0.537. The maximum atomic E-state index is 11.1. The summed E-state index contributed by atoms with van der Waals surface area (Å²) in [5, 5.41) is 32.5. The molecule has 1 saturated heterocycles. The molecular weight excluding hydrogens is 306 g/mol. The lowest BCUT2D eigenvalue weighted by molar-refractivity contribution is -0.252. The molecule has 1 heterocycles. The Morgan fingerprint density at radius 3 is 2.23 bits per heavy atom. The van der Waals surface area contributed by atoms with Gasteiger partial charge in [-0.05, 0) is 18.1 Å². The summed E-state index contributed by atoms with van der Waals surface area (Å²) in [6, 6.07) is -1.06. The zero-order valence-corrected chi connectivity index (χ0v) is 15.2. The second-order valence-corrected chi connectivity index (χ2v) is 12.2. The molecule has 0 bridgehead atoms. The molecule has 1 amide bonds. The minimum Gasteiger partial charge on any atom is -0.414 e. The van der Waals surface area contributed by atoms with E-state index in [1.807, 2.05) is 0 Å². The maximum Gasteiger partial charge on any atom is 0.217 e. The van der Waals surface area contributed by atoms with Crippen molar-refractivity contribution in [3.8, 4) is 0 Å². The third kappa shape index (κ3) is 4.50. The van der Waals surface area contributed by atoms with Crippen LogP contribution in [-0.4, -0.2) is 66.8 Å². The molecule has 0 saturated carbocycles. The molecule has 1 fully saturated rings. The highest BCUT2D eigenvalue weighted by atomic mass is 28.4. The van der Waals surface area contributed by atoms with Crippen molar-refractivity contribution in [1.82, 2.24) is 5.32 Å². The average Bonchev–Trinajstić information content (AvgIpc) is 2.35. The highest BCUT2D eigenvalue weighted by Crippen LogP contribution is 2.37.